The Morgan fingerprint density at radius 1 is 1.24 bits per heavy atom. The van der Waals surface area contributed by atoms with Crippen molar-refractivity contribution in [1.29, 1.82) is 0 Å². The molecule has 0 unspecified atom stereocenters. The van der Waals surface area contributed by atoms with E-state index in [0.717, 1.165) is 11.3 Å². The highest BCUT2D eigenvalue weighted by Gasteiger charge is 2.15. The maximum absolute atomic E-state index is 11.3. The van der Waals surface area contributed by atoms with Crippen LogP contribution in [0.5, 0.6) is 5.75 Å². The molecule has 1 aliphatic heterocycles. The van der Waals surface area contributed by atoms with Crippen molar-refractivity contribution >= 4 is 40.5 Å². The van der Waals surface area contributed by atoms with Crippen LogP contribution in [-0.2, 0) is 11.3 Å². The topological polar surface area (TPSA) is 50.4 Å². The van der Waals surface area contributed by atoms with Crippen LogP contribution in [0.4, 0.5) is 11.4 Å². The molecule has 0 spiro atoms. The van der Waals surface area contributed by atoms with Gasteiger partial charge in [-0.1, -0.05) is 35.3 Å². The average Bonchev–Trinajstić information content (AvgIpc) is 2.48. The fraction of sp³-hybridized carbons (Fsp3) is 0.133. The lowest BCUT2D eigenvalue weighted by atomic mass is 10.1. The summed E-state index contributed by atoms with van der Waals surface area (Å²) in [4.78, 5) is 11.3. The molecule has 4 nitrogen and oxygen atoms in total. The molecular formula is C15H12Cl2N2O2. The molecule has 2 aromatic rings. The highest BCUT2D eigenvalue weighted by molar-refractivity contribution is 6.43. The number of halogens is 2. The molecule has 2 N–H and O–H groups in total. The number of benzene rings is 2. The Hall–Kier alpha value is -1.91. The van der Waals surface area contributed by atoms with E-state index in [1.54, 1.807) is 6.07 Å². The van der Waals surface area contributed by atoms with Gasteiger partial charge in [-0.25, -0.2) is 0 Å². The largest absolute Gasteiger partial charge is 0.482 e. The molecule has 0 bridgehead atoms. The van der Waals surface area contributed by atoms with Crippen LogP contribution in [0.1, 0.15) is 5.56 Å². The summed E-state index contributed by atoms with van der Waals surface area (Å²) >= 11 is 12.1. The Bertz CT molecular complexity index is 704. The van der Waals surface area contributed by atoms with Crippen molar-refractivity contribution in [2.45, 2.75) is 6.54 Å². The first-order valence-corrected chi connectivity index (χ1v) is 7.12. The zero-order chi connectivity index (χ0) is 14.8. The van der Waals surface area contributed by atoms with E-state index in [4.69, 9.17) is 27.9 Å². The lowest BCUT2D eigenvalue weighted by Gasteiger charge is -2.18. The van der Waals surface area contributed by atoms with Crippen molar-refractivity contribution in [2.75, 3.05) is 17.2 Å². The lowest BCUT2D eigenvalue weighted by molar-refractivity contribution is -0.118. The second-order valence-corrected chi connectivity index (χ2v) is 5.41. The number of hydrogen-bond donors (Lipinski definition) is 2. The third-order valence-corrected chi connectivity index (χ3v) is 3.93. The predicted molar refractivity (Wildman–Crippen MR) is 84.4 cm³/mol. The van der Waals surface area contributed by atoms with Gasteiger partial charge < -0.3 is 15.4 Å². The molecule has 3 rings (SSSR count). The molecule has 1 heterocycles. The van der Waals surface area contributed by atoms with Crippen LogP contribution in [0.3, 0.4) is 0 Å². The van der Waals surface area contributed by atoms with Gasteiger partial charge in [0.05, 0.1) is 21.4 Å². The third-order valence-electron chi connectivity index (χ3n) is 3.11. The minimum Gasteiger partial charge on any atom is -0.482 e. The molecule has 6 heteroatoms. The van der Waals surface area contributed by atoms with Crippen LogP contribution in [0.25, 0.3) is 0 Å². The first-order chi connectivity index (χ1) is 10.1. The summed E-state index contributed by atoms with van der Waals surface area (Å²) in [7, 11) is 0. The number of rotatable bonds is 3. The molecule has 0 atom stereocenters. The summed E-state index contributed by atoms with van der Waals surface area (Å²) < 4.78 is 5.32. The van der Waals surface area contributed by atoms with Crippen LogP contribution >= 0.6 is 23.2 Å². The second-order valence-electron chi connectivity index (χ2n) is 4.62. The van der Waals surface area contributed by atoms with Crippen molar-refractivity contribution in [2.24, 2.45) is 0 Å². The molecule has 1 aliphatic rings. The smallest absolute Gasteiger partial charge is 0.262 e. The van der Waals surface area contributed by atoms with Crippen LogP contribution < -0.4 is 15.4 Å². The standard InChI is InChI=1S/C15H12Cl2N2O2/c16-10-2-1-3-11(15(10)17)18-7-9-4-5-13-12(6-9)19-14(20)8-21-13/h1-6,18H,7-8H2,(H,19,20). The normalized spacial score (nSPS) is 13.1. The number of carbonyl (C=O) groups is 1. The van der Waals surface area contributed by atoms with Crippen LogP contribution in [0.15, 0.2) is 36.4 Å². The van der Waals surface area contributed by atoms with E-state index < -0.39 is 0 Å². The molecule has 21 heavy (non-hydrogen) atoms. The fourth-order valence-corrected chi connectivity index (χ4v) is 2.45. The van der Waals surface area contributed by atoms with Gasteiger partial charge in [0, 0.05) is 6.54 Å². The zero-order valence-corrected chi connectivity index (χ0v) is 12.5. The maximum atomic E-state index is 11.3. The van der Waals surface area contributed by atoms with Crippen molar-refractivity contribution in [3.05, 3.63) is 52.0 Å². The van der Waals surface area contributed by atoms with Gasteiger partial charge in [0.1, 0.15) is 5.75 Å². The van der Waals surface area contributed by atoms with E-state index in [0.29, 0.717) is 28.0 Å². The SMILES string of the molecule is O=C1COc2ccc(CNc3cccc(Cl)c3Cl)cc2N1. The molecule has 2 aromatic carbocycles. The van der Waals surface area contributed by atoms with Crippen LogP contribution in [0, 0.1) is 0 Å². The monoisotopic (exact) mass is 322 g/mol. The Morgan fingerprint density at radius 3 is 2.95 bits per heavy atom. The Kier molecular flexibility index (Phi) is 3.90. The molecule has 0 saturated carbocycles. The average molecular weight is 323 g/mol. The second kappa shape index (κ2) is 5.84. The van der Waals surface area contributed by atoms with Gasteiger partial charge in [0.15, 0.2) is 6.61 Å². The summed E-state index contributed by atoms with van der Waals surface area (Å²) in [5.74, 6) is 0.532. The molecule has 0 fully saturated rings. The number of amides is 1. The molecule has 0 aliphatic carbocycles. The highest BCUT2D eigenvalue weighted by atomic mass is 35.5. The molecule has 108 valence electrons. The number of carbonyl (C=O) groups excluding carboxylic acids is 1. The Morgan fingerprint density at radius 2 is 2.10 bits per heavy atom. The summed E-state index contributed by atoms with van der Waals surface area (Å²) in [6, 6.07) is 11.1. The molecular weight excluding hydrogens is 311 g/mol. The first kappa shape index (κ1) is 14.0. The quantitative estimate of drug-likeness (QED) is 0.900. The summed E-state index contributed by atoms with van der Waals surface area (Å²) in [5.41, 5.74) is 2.44. The Labute approximate surface area is 132 Å². The summed E-state index contributed by atoms with van der Waals surface area (Å²) in [6.45, 7) is 0.617. The van der Waals surface area contributed by atoms with Crippen molar-refractivity contribution in [1.82, 2.24) is 0 Å². The molecule has 0 saturated heterocycles. The lowest BCUT2D eigenvalue weighted by Crippen LogP contribution is -2.25. The van der Waals surface area contributed by atoms with Gasteiger partial charge in [0.2, 0.25) is 0 Å². The third kappa shape index (κ3) is 3.06. The van der Waals surface area contributed by atoms with E-state index in [-0.39, 0.29) is 12.5 Å². The van der Waals surface area contributed by atoms with E-state index >= 15 is 0 Å². The van der Waals surface area contributed by atoms with Crippen LogP contribution in [-0.4, -0.2) is 12.5 Å². The molecule has 0 radical (unpaired) electrons. The van der Waals surface area contributed by atoms with Crippen molar-refractivity contribution in [3.8, 4) is 5.75 Å². The van der Waals surface area contributed by atoms with E-state index in [1.807, 2.05) is 30.3 Å². The van der Waals surface area contributed by atoms with E-state index in [9.17, 15) is 4.79 Å². The van der Waals surface area contributed by atoms with Gasteiger partial charge in [-0.3, -0.25) is 4.79 Å². The number of anilines is 2. The highest BCUT2D eigenvalue weighted by Crippen LogP contribution is 2.31. The number of ether oxygens (including phenoxy) is 1. The Balaban J connectivity index is 1.75. The zero-order valence-electron chi connectivity index (χ0n) is 11.0. The van der Waals surface area contributed by atoms with Crippen molar-refractivity contribution < 1.29 is 9.53 Å². The first-order valence-electron chi connectivity index (χ1n) is 6.37. The van der Waals surface area contributed by atoms with E-state index in [1.165, 1.54) is 0 Å². The molecule has 0 aromatic heterocycles. The van der Waals surface area contributed by atoms with Gasteiger partial charge in [0.25, 0.3) is 5.91 Å². The van der Waals surface area contributed by atoms with Gasteiger partial charge >= 0.3 is 0 Å². The summed E-state index contributed by atoms with van der Waals surface area (Å²) in [5, 5.41) is 7.00. The van der Waals surface area contributed by atoms with Gasteiger partial charge in [-0.2, -0.15) is 0 Å². The fourth-order valence-electron chi connectivity index (χ4n) is 2.08. The number of hydrogen-bond acceptors (Lipinski definition) is 3. The predicted octanol–water partition coefficient (Wildman–Crippen LogP) is 3.94. The van der Waals surface area contributed by atoms with Crippen molar-refractivity contribution in [3.63, 3.8) is 0 Å². The summed E-state index contributed by atoms with van der Waals surface area (Å²) in [6.07, 6.45) is 0. The van der Waals surface area contributed by atoms with Gasteiger partial charge in [-0.05, 0) is 29.8 Å². The van der Waals surface area contributed by atoms with Gasteiger partial charge in [-0.15, -0.1) is 0 Å². The molecule has 1 amide bonds. The minimum atomic E-state index is -0.148. The maximum Gasteiger partial charge on any atom is 0.262 e. The number of nitrogens with one attached hydrogen (secondary N) is 2. The van der Waals surface area contributed by atoms with E-state index in [2.05, 4.69) is 10.6 Å². The number of fused-ring (bicyclic) bond motifs is 1. The minimum absolute atomic E-state index is 0.0583. The van der Waals surface area contributed by atoms with Crippen LogP contribution in [0.2, 0.25) is 10.0 Å².